The fraction of sp³-hybridized carbons (Fsp3) is 0.917. The molecule has 0 aromatic heterocycles. The van der Waals surface area contributed by atoms with Crippen molar-refractivity contribution in [1.82, 2.24) is 0 Å². The summed E-state index contributed by atoms with van der Waals surface area (Å²) in [6.07, 6.45) is 9.72. The summed E-state index contributed by atoms with van der Waals surface area (Å²) in [5.41, 5.74) is 0.381. The zero-order valence-corrected chi connectivity index (χ0v) is 8.64. The first-order valence-electron chi connectivity index (χ1n) is 5.72. The number of hydrogen-bond acceptors (Lipinski definition) is 1. The lowest BCUT2D eigenvalue weighted by Crippen LogP contribution is -2.34. The molecule has 0 saturated heterocycles. The van der Waals surface area contributed by atoms with E-state index in [0.29, 0.717) is 11.2 Å². The lowest BCUT2D eigenvalue weighted by Gasteiger charge is -2.39. The number of hydrogen-bond donors (Lipinski definition) is 0. The van der Waals surface area contributed by atoms with E-state index in [0.717, 1.165) is 18.8 Å². The molecular weight excluding hydrogens is 160 g/mol. The Kier molecular flexibility index (Phi) is 2.44. The fourth-order valence-electron chi connectivity index (χ4n) is 3.25. The molecular formula is C12H20O. The molecule has 0 aromatic carbocycles. The SMILES string of the molecule is CC12CCCCCC1CCC(=O)C2. The Morgan fingerprint density at radius 1 is 1.23 bits per heavy atom. The van der Waals surface area contributed by atoms with Crippen LogP contribution in [0.3, 0.4) is 0 Å². The third-order valence-corrected chi connectivity index (χ3v) is 4.16. The van der Waals surface area contributed by atoms with Gasteiger partial charge >= 0.3 is 0 Å². The summed E-state index contributed by atoms with van der Waals surface area (Å²) < 4.78 is 0. The van der Waals surface area contributed by atoms with E-state index >= 15 is 0 Å². The van der Waals surface area contributed by atoms with Gasteiger partial charge in [0.25, 0.3) is 0 Å². The van der Waals surface area contributed by atoms with Crippen LogP contribution in [0.1, 0.15) is 58.3 Å². The summed E-state index contributed by atoms with van der Waals surface area (Å²) in [5.74, 6) is 1.37. The van der Waals surface area contributed by atoms with Crippen molar-refractivity contribution in [1.29, 1.82) is 0 Å². The van der Waals surface area contributed by atoms with Crippen LogP contribution >= 0.6 is 0 Å². The maximum atomic E-state index is 11.4. The van der Waals surface area contributed by atoms with Crippen molar-refractivity contribution < 1.29 is 4.79 Å². The largest absolute Gasteiger partial charge is 0.300 e. The highest BCUT2D eigenvalue weighted by atomic mass is 16.1. The number of carbonyl (C=O) groups is 1. The van der Waals surface area contributed by atoms with E-state index < -0.39 is 0 Å². The van der Waals surface area contributed by atoms with Crippen molar-refractivity contribution in [2.75, 3.05) is 0 Å². The van der Waals surface area contributed by atoms with Crippen LogP contribution < -0.4 is 0 Å². The molecule has 2 fully saturated rings. The van der Waals surface area contributed by atoms with E-state index in [1.165, 1.54) is 38.5 Å². The van der Waals surface area contributed by atoms with Crippen LogP contribution in [0.5, 0.6) is 0 Å². The van der Waals surface area contributed by atoms with Crippen molar-refractivity contribution >= 4 is 5.78 Å². The Hall–Kier alpha value is -0.330. The van der Waals surface area contributed by atoms with E-state index in [-0.39, 0.29) is 0 Å². The van der Waals surface area contributed by atoms with Crippen molar-refractivity contribution in [2.24, 2.45) is 11.3 Å². The maximum Gasteiger partial charge on any atom is 0.133 e. The van der Waals surface area contributed by atoms with Gasteiger partial charge in [0.15, 0.2) is 0 Å². The number of fused-ring (bicyclic) bond motifs is 1. The lowest BCUT2D eigenvalue weighted by molar-refractivity contribution is -0.125. The van der Waals surface area contributed by atoms with Gasteiger partial charge in [-0.3, -0.25) is 4.79 Å². The maximum absolute atomic E-state index is 11.4. The van der Waals surface area contributed by atoms with Crippen molar-refractivity contribution in [2.45, 2.75) is 58.3 Å². The number of carbonyl (C=O) groups excluding carboxylic acids is 1. The van der Waals surface area contributed by atoms with Gasteiger partial charge in [-0.2, -0.15) is 0 Å². The monoisotopic (exact) mass is 180 g/mol. The normalized spacial score (nSPS) is 41.0. The molecule has 2 unspecified atom stereocenters. The zero-order valence-electron chi connectivity index (χ0n) is 8.64. The van der Waals surface area contributed by atoms with Crippen molar-refractivity contribution in [3.05, 3.63) is 0 Å². The summed E-state index contributed by atoms with van der Waals surface area (Å²) in [6, 6.07) is 0. The molecule has 1 heteroatoms. The summed E-state index contributed by atoms with van der Waals surface area (Å²) >= 11 is 0. The van der Waals surface area contributed by atoms with E-state index in [1.54, 1.807) is 0 Å². The number of Topliss-reactive ketones (excluding diaryl/α,β-unsaturated/α-hetero) is 1. The van der Waals surface area contributed by atoms with E-state index in [4.69, 9.17) is 0 Å². The van der Waals surface area contributed by atoms with Gasteiger partial charge in [0.05, 0.1) is 0 Å². The Morgan fingerprint density at radius 2 is 2.08 bits per heavy atom. The highest BCUT2D eigenvalue weighted by molar-refractivity contribution is 5.80. The summed E-state index contributed by atoms with van der Waals surface area (Å²) in [5, 5.41) is 0. The van der Waals surface area contributed by atoms with Gasteiger partial charge in [-0.05, 0) is 30.6 Å². The molecule has 13 heavy (non-hydrogen) atoms. The Bertz CT molecular complexity index is 209. The molecule has 0 aromatic rings. The molecule has 0 aliphatic heterocycles. The zero-order chi connectivity index (χ0) is 9.31. The lowest BCUT2D eigenvalue weighted by atomic mass is 9.65. The molecule has 0 radical (unpaired) electrons. The molecule has 1 nitrogen and oxygen atoms in total. The van der Waals surface area contributed by atoms with Gasteiger partial charge in [-0.15, -0.1) is 0 Å². The second-order valence-electron chi connectivity index (χ2n) is 5.20. The second-order valence-corrected chi connectivity index (χ2v) is 5.20. The summed E-state index contributed by atoms with van der Waals surface area (Å²) in [6.45, 7) is 2.35. The standard InChI is InChI=1S/C12H20O/c1-12-8-4-2-3-5-10(12)6-7-11(13)9-12/h10H,2-9H2,1H3. The van der Waals surface area contributed by atoms with Crippen LogP contribution in [-0.4, -0.2) is 5.78 Å². The summed E-state index contributed by atoms with van der Waals surface area (Å²) in [4.78, 5) is 11.4. The first-order valence-corrected chi connectivity index (χ1v) is 5.72. The van der Waals surface area contributed by atoms with Crippen LogP contribution in [0.2, 0.25) is 0 Å². The topological polar surface area (TPSA) is 17.1 Å². The molecule has 2 aliphatic rings. The highest BCUT2D eigenvalue weighted by Gasteiger charge is 2.39. The molecule has 0 amide bonds. The smallest absolute Gasteiger partial charge is 0.133 e. The van der Waals surface area contributed by atoms with Gasteiger partial charge in [-0.25, -0.2) is 0 Å². The molecule has 2 aliphatic carbocycles. The molecule has 2 atom stereocenters. The molecule has 2 rings (SSSR count). The number of ketones is 1. The third kappa shape index (κ3) is 1.79. The van der Waals surface area contributed by atoms with E-state index in [9.17, 15) is 4.79 Å². The molecule has 74 valence electrons. The first kappa shape index (κ1) is 9.23. The summed E-state index contributed by atoms with van der Waals surface area (Å²) in [7, 11) is 0. The predicted molar refractivity (Wildman–Crippen MR) is 53.5 cm³/mol. The Labute approximate surface area is 80.9 Å². The van der Waals surface area contributed by atoms with Crippen LogP contribution in [0, 0.1) is 11.3 Å². The molecule has 0 bridgehead atoms. The van der Waals surface area contributed by atoms with Gasteiger partial charge in [-0.1, -0.05) is 26.2 Å². The fourth-order valence-corrected chi connectivity index (χ4v) is 3.25. The Balaban J connectivity index is 2.13. The van der Waals surface area contributed by atoms with E-state index in [1.807, 2.05) is 0 Å². The number of rotatable bonds is 0. The van der Waals surface area contributed by atoms with E-state index in [2.05, 4.69) is 6.92 Å². The Morgan fingerprint density at radius 3 is 2.92 bits per heavy atom. The molecule has 2 saturated carbocycles. The van der Waals surface area contributed by atoms with Crippen LogP contribution in [0.4, 0.5) is 0 Å². The van der Waals surface area contributed by atoms with Crippen molar-refractivity contribution in [3.63, 3.8) is 0 Å². The van der Waals surface area contributed by atoms with Gasteiger partial charge in [0.1, 0.15) is 5.78 Å². The average Bonchev–Trinajstić information content (AvgIpc) is 2.24. The predicted octanol–water partition coefficient (Wildman–Crippen LogP) is 3.33. The van der Waals surface area contributed by atoms with Crippen molar-refractivity contribution in [3.8, 4) is 0 Å². The van der Waals surface area contributed by atoms with Gasteiger partial charge < -0.3 is 0 Å². The minimum Gasteiger partial charge on any atom is -0.300 e. The van der Waals surface area contributed by atoms with Crippen LogP contribution in [-0.2, 0) is 4.79 Å². The quantitative estimate of drug-likeness (QED) is 0.559. The minimum atomic E-state index is 0.381. The molecule has 0 N–H and O–H groups in total. The first-order chi connectivity index (χ1) is 6.21. The average molecular weight is 180 g/mol. The second kappa shape index (κ2) is 3.43. The van der Waals surface area contributed by atoms with Crippen LogP contribution in [0.25, 0.3) is 0 Å². The van der Waals surface area contributed by atoms with Gasteiger partial charge in [0.2, 0.25) is 0 Å². The molecule has 0 heterocycles. The van der Waals surface area contributed by atoms with Crippen LogP contribution in [0.15, 0.2) is 0 Å². The highest BCUT2D eigenvalue weighted by Crippen LogP contribution is 2.47. The minimum absolute atomic E-state index is 0.381. The molecule has 0 spiro atoms. The van der Waals surface area contributed by atoms with Gasteiger partial charge in [0, 0.05) is 12.8 Å². The third-order valence-electron chi connectivity index (χ3n) is 4.16.